The van der Waals surface area contributed by atoms with Crippen molar-refractivity contribution in [2.24, 2.45) is 0 Å². The summed E-state index contributed by atoms with van der Waals surface area (Å²) in [6.07, 6.45) is 0. The minimum Gasteiger partial charge on any atom is -0.377 e. The van der Waals surface area contributed by atoms with Crippen LogP contribution in [0.4, 0.5) is 16.4 Å². The van der Waals surface area contributed by atoms with E-state index in [9.17, 15) is 4.79 Å². The third kappa shape index (κ3) is 4.15. The van der Waals surface area contributed by atoms with E-state index in [0.717, 1.165) is 53.8 Å². The van der Waals surface area contributed by atoms with Crippen molar-refractivity contribution in [1.82, 2.24) is 20.2 Å². The first-order valence-electron chi connectivity index (χ1n) is 11.3. The van der Waals surface area contributed by atoms with Gasteiger partial charge in [0.25, 0.3) is 0 Å². The summed E-state index contributed by atoms with van der Waals surface area (Å²) in [6, 6.07) is 8.13. The molecule has 170 valence electrons. The molecule has 9 heteroatoms. The molecule has 2 amide bonds. The van der Waals surface area contributed by atoms with Crippen molar-refractivity contribution in [2.75, 3.05) is 49.7 Å². The fraction of sp³-hybridized carbons (Fsp3) is 0.522. The van der Waals surface area contributed by atoms with Crippen LogP contribution in [0.25, 0.3) is 11.3 Å². The van der Waals surface area contributed by atoms with Crippen molar-refractivity contribution in [1.29, 1.82) is 0 Å². The van der Waals surface area contributed by atoms with E-state index in [-0.39, 0.29) is 18.1 Å². The van der Waals surface area contributed by atoms with Crippen LogP contribution in [0.5, 0.6) is 0 Å². The van der Waals surface area contributed by atoms with Gasteiger partial charge in [0.05, 0.1) is 49.9 Å². The lowest BCUT2D eigenvalue weighted by atomic mass is 10.1. The highest BCUT2D eigenvalue weighted by atomic mass is 16.5. The number of ether oxygens (including phenoxy) is 2. The monoisotopic (exact) mass is 438 g/mol. The molecular formula is C23H30N6O3. The predicted octanol–water partition coefficient (Wildman–Crippen LogP) is 2.22. The molecule has 3 aliphatic rings. The summed E-state index contributed by atoms with van der Waals surface area (Å²) in [5.74, 6) is 0.761. The van der Waals surface area contributed by atoms with Crippen LogP contribution in [0, 0.1) is 0 Å². The smallest absolute Gasteiger partial charge is 0.322 e. The SMILES string of the molecule is C[C@H]1COCCN1C(=O)Nc1ccc(-c2nc(N3CCOC[C@@H]3C)nc3c2CNC3)cc1. The maximum absolute atomic E-state index is 12.7. The molecule has 0 spiro atoms. The number of aromatic nitrogens is 2. The van der Waals surface area contributed by atoms with E-state index in [4.69, 9.17) is 19.4 Å². The Bertz CT molecular complexity index is 982. The molecule has 0 saturated carbocycles. The highest BCUT2D eigenvalue weighted by Gasteiger charge is 2.27. The number of anilines is 2. The van der Waals surface area contributed by atoms with Crippen LogP contribution in [0.15, 0.2) is 24.3 Å². The van der Waals surface area contributed by atoms with Crippen LogP contribution in [0.3, 0.4) is 0 Å². The second-order valence-corrected chi connectivity index (χ2v) is 8.64. The third-order valence-electron chi connectivity index (χ3n) is 6.34. The minimum absolute atomic E-state index is 0.0696. The zero-order valence-corrected chi connectivity index (χ0v) is 18.6. The van der Waals surface area contributed by atoms with Gasteiger partial charge in [-0.15, -0.1) is 0 Å². The lowest BCUT2D eigenvalue weighted by Crippen LogP contribution is -2.48. The van der Waals surface area contributed by atoms with Crippen molar-refractivity contribution in [3.63, 3.8) is 0 Å². The van der Waals surface area contributed by atoms with Gasteiger partial charge in [0, 0.05) is 43.0 Å². The van der Waals surface area contributed by atoms with Crippen molar-refractivity contribution < 1.29 is 14.3 Å². The van der Waals surface area contributed by atoms with Crippen molar-refractivity contribution in [3.8, 4) is 11.3 Å². The number of morpholine rings is 2. The first-order valence-corrected chi connectivity index (χ1v) is 11.3. The molecule has 2 fully saturated rings. The standard InChI is InChI=1S/C23H30N6O3/c1-15-13-31-9-7-28(15)22-26-20-12-24-11-19(20)21(27-22)17-3-5-18(6-4-17)25-23(30)29-8-10-32-14-16(29)2/h3-6,15-16,24H,7-14H2,1-2H3,(H,25,30)/t15-,16-/m0/s1. The number of rotatable bonds is 3. The highest BCUT2D eigenvalue weighted by molar-refractivity contribution is 5.90. The van der Waals surface area contributed by atoms with Crippen LogP contribution in [-0.2, 0) is 22.6 Å². The number of fused-ring (bicyclic) bond motifs is 1. The van der Waals surface area contributed by atoms with Gasteiger partial charge in [-0.3, -0.25) is 0 Å². The molecular weight excluding hydrogens is 408 g/mol. The van der Waals surface area contributed by atoms with Crippen molar-refractivity contribution in [2.45, 2.75) is 39.0 Å². The quantitative estimate of drug-likeness (QED) is 0.759. The Kier molecular flexibility index (Phi) is 5.95. The van der Waals surface area contributed by atoms with Gasteiger partial charge >= 0.3 is 6.03 Å². The van der Waals surface area contributed by atoms with Gasteiger partial charge in [0.1, 0.15) is 0 Å². The fourth-order valence-corrected chi connectivity index (χ4v) is 4.48. The van der Waals surface area contributed by atoms with Gasteiger partial charge in [-0.05, 0) is 26.0 Å². The largest absolute Gasteiger partial charge is 0.377 e. The molecule has 32 heavy (non-hydrogen) atoms. The summed E-state index contributed by atoms with van der Waals surface area (Å²) in [4.78, 5) is 26.5. The van der Waals surface area contributed by atoms with Crippen LogP contribution >= 0.6 is 0 Å². The van der Waals surface area contributed by atoms with Crippen molar-refractivity contribution >= 4 is 17.7 Å². The molecule has 3 aliphatic heterocycles. The molecule has 0 bridgehead atoms. The van der Waals surface area contributed by atoms with Gasteiger partial charge < -0.3 is 29.9 Å². The Morgan fingerprint density at radius 2 is 1.78 bits per heavy atom. The van der Waals surface area contributed by atoms with Gasteiger partial charge in [0.2, 0.25) is 5.95 Å². The van der Waals surface area contributed by atoms with Gasteiger partial charge in [-0.1, -0.05) is 12.1 Å². The molecule has 2 atom stereocenters. The zero-order valence-electron chi connectivity index (χ0n) is 18.6. The van der Waals surface area contributed by atoms with E-state index in [0.29, 0.717) is 33.0 Å². The summed E-state index contributed by atoms with van der Waals surface area (Å²) in [7, 11) is 0. The van der Waals surface area contributed by atoms with Gasteiger partial charge in [-0.2, -0.15) is 0 Å². The van der Waals surface area contributed by atoms with Crippen molar-refractivity contribution in [3.05, 3.63) is 35.5 Å². The number of hydrogen-bond acceptors (Lipinski definition) is 7. The number of nitrogens with one attached hydrogen (secondary N) is 2. The average Bonchev–Trinajstić information content (AvgIpc) is 3.28. The Morgan fingerprint density at radius 3 is 2.53 bits per heavy atom. The highest BCUT2D eigenvalue weighted by Crippen LogP contribution is 2.30. The number of urea groups is 1. The van der Waals surface area contributed by atoms with E-state index in [1.165, 1.54) is 0 Å². The average molecular weight is 439 g/mol. The molecule has 0 aliphatic carbocycles. The van der Waals surface area contributed by atoms with Gasteiger partial charge in [-0.25, -0.2) is 14.8 Å². The summed E-state index contributed by atoms with van der Waals surface area (Å²) >= 11 is 0. The molecule has 1 aromatic heterocycles. The molecule has 5 rings (SSSR count). The number of benzene rings is 1. The zero-order chi connectivity index (χ0) is 22.1. The van der Waals surface area contributed by atoms with Crippen LogP contribution in [-0.4, -0.2) is 72.5 Å². The number of amides is 2. The maximum atomic E-state index is 12.7. The molecule has 2 aromatic rings. The van der Waals surface area contributed by atoms with E-state index < -0.39 is 0 Å². The minimum atomic E-state index is -0.0933. The molecule has 2 saturated heterocycles. The maximum Gasteiger partial charge on any atom is 0.322 e. The van der Waals surface area contributed by atoms with Gasteiger partial charge in [0.15, 0.2) is 0 Å². The third-order valence-corrected chi connectivity index (χ3v) is 6.34. The normalized spacial score (nSPS) is 23.2. The van der Waals surface area contributed by atoms with Crippen LogP contribution < -0.4 is 15.5 Å². The molecule has 2 N–H and O–H groups in total. The summed E-state index contributed by atoms with van der Waals surface area (Å²) in [5.41, 5.74) is 4.94. The molecule has 0 radical (unpaired) electrons. The number of hydrogen-bond donors (Lipinski definition) is 2. The van der Waals surface area contributed by atoms with E-state index in [2.05, 4.69) is 22.5 Å². The molecule has 0 unspecified atom stereocenters. The van der Waals surface area contributed by atoms with E-state index in [1.807, 2.05) is 36.1 Å². The number of carbonyl (C=O) groups is 1. The van der Waals surface area contributed by atoms with Crippen LogP contribution in [0.2, 0.25) is 0 Å². The van der Waals surface area contributed by atoms with E-state index in [1.54, 1.807) is 0 Å². The second-order valence-electron chi connectivity index (χ2n) is 8.64. The van der Waals surface area contributed by atoms with Crippen LogP contribution in [0.1, 0.15) is 25.1 Å². The topological polar surface area (TPSA) is 91.9 Å². The number of nitrogens with zero attached hydrogens (tertiary/aromatic N) is 4. The summed E-state index contributed by atoms with van der Waals surface area (Å²) in [6.45, 7) is 9.57. The first-order chi connectivity index (χ1) is 15.6. The Labute approximate surface area is 188 Å². The Morgan fingerprint density at radius 1 is 1.03 bits per heavy atom. The lowest BCUT2D eigenvalue weighted by molar-refractivity contribution is 0.0222. The molecule has 1 aromatic carbocycles. The van der Waals surface area contributed by atoms with E-state index >= 15 is 0 Å². The summed E-state index contributed by atoms with van der Waals surface area (Å²) in [5, 5.41) is 6.40. The predicted molar refractivity (Wildman–Crippen MR) is 122 cm³/mol. The number of carbonyl (C=O) groups excluding carboxylic acids is 1. The lowest BCUT2D eigenvalue weighted by Gasteiger charge is -2.33. The molecule has 4 heterocycles. The Hall–Kier alpha value is -2.75. The molecule has 9 nitrogen and oxygen atoms in total. The first kappa shape index (κ1) is 21.1. The second kappa shape index (κ2) is 9.01. The fourth-order valence-electron chi connectivity index (χ4n) is 4.48. The summed E-state index contributed by atoms with van der Waals surface area (Å²) < 4.78 is 11.0. The Balaban J connectivity index is 1.38.